The van der Waals surface area contributed by atoms with Crippen LogP contribution >= 0.6 is 0 Å². The summed E-state index contributed by atoms with van der Waals surface area (Å²) in [4.78, 5) is 17.7. The normalized spacial score (nSPS) is 17.1. The number of hydrogen-bond acceptors (Lipinski definition) is 7. The lowest BCUT2D eigenvalue weighted by molar-refractivity contribution is 0.109. The SMILES string of the molecule is Cc1cncnc1N1CCN(c2nc3c(cc2C#N)COCC3)CC1. The summed E-state index contributed by atoms with van der Waals surface area (Å²) >= 11 is 0. The smallest absolute Gasteiger partial charge is 0.146 e. The highest BCUT2D eigenvalue weighted by atomic mass is 16.5. The van der Waals surface area contributed by atoms with E-state index >= 15 is 0 Å². The number of anilines is 2. The number of nitrogens with zero attached hydrogens (tertiary/aromatic N) is 6. The molecule has 0 radical (unpaired) electrons. The quantitative estimate of drug-likeness (QED) is 0.821. The van der Waals surface area contributed by atoms with E-state index in [4.69, 9.17) is 9.72 Å². The van der Waals surface area contributed by atoms with Gasteiger partial charge in [-0.1, -0.05) is 0 Å². The monoisotopic (exact) mass is 336 g/mol. The van der Waals surface area contributed by atoms with E-state index in [1.165, 1.54) is 0 Å². The molecule has 0 saturated carbocycles. The van der Waals surface area contributed by atoms with Crippen molar-refractivity contribution in [2.75, 3.05) is 42.6 Å². The fourth-order valence-electron chi connectivity index (χ4n) is 3.45. The second kappa shape index (κ2) is 6.65. The molecule has 2 aliphatic heterocycles. The Balaban J connectivity index is 1.55. The molecule has 4 rings (SSSR count). The first-order valence-corrected chi connectivity index (χ1v) is 8.53. The molecule has 2 aliphatic rings. The van der Waals surface area contributed by atoms with Crippen LogP contribution in [0.4, 0.5) is 11.6 Å². The van der Waals surface area contributed by atoms with Crippen LogP contribution in [0.15, 0.2) is 18.6 Å². The molecule has 7 nitrogen and oxygen atoms in total. The fraction of sp³-hybridized carbons (Fsp3) is 0.444. The average Bonchev–Trinajstić information content (AvgIpc) is 2.67. The van der Waals surface area contributed by atoms with Gasteiger partial charge in [0, 0.05) is 49.9 Å². The molecule has 2 aromatic rings. The van der Waals surface area contributed by atoms with Crippen molar-refractivity contribution in [2.24, 2.45) is 0 Å². The molecule has 4 heterocycles. The number of hydrogen-bond donors (Lipinski definition) is 0. The average molecular weight is 336 g/mol. The Hall–Kier alpha value is -2.72. The molecule has 0 N–H and O–H groups in total. The van der Waals surface area contributed by atoms with Gasteiger partial charge in [0.15, 0.2) is 0 Å². The fourth-order valence-corrected chi connectivity index (χ4v) is 3.45. The number of fused-ring (bicyclic) bond motifs is 1. The van der Waals surface area contributed by atoms with Gasteiger partial charge in [0.1, 0.15) is 24.0 Å². The summed E-state index contributed by atoms with van der Waals surface area (Å²) < 4.78 is 5.47. The third-order valence-electron chi connectivity index (χ3n) is 4.78. The van der Waals surface area contributed by atoms with Crippen LogP contribution < -0.4 is 9.80 Å². The third-order valence-corrected chi connectivity index (χ3v) is 4.78. The van der Waals surface area contributed by atoms with Gasteiger partial charge in [0.25, 0.3) is 0 Å². The lowest BCUT2D eigenvalue weighted by Crippen LogP contribution is -2.47. The van der Waals surface area contributed by atoms with E-state index in [0.29, 0.717) is 18.8 Å². The van der Waals surface area contributed by atoms with Gasteiger partial charge in [-0.25, -0.2) is 15.0 Å². The second-order valence-electron chi connectivity index (χ2n) is 6.38. The first kappa shape index (κ1) is 15.8. The summed E-state index contributed by atoms with van der Waals surface area (Å²) in [6, 6.07) is 4.24. The zero-order valence-electron chi connectivity index (χ0n) is 14.3. The Labute approximate surface area is 146 Å². The molecule has 1 fully saturated rings. The van der Waals surface area contributed by atoms with Crippen LogP contribution in [-0.4, -0.2) is 47.7 Å². The van der Waals surface area contributed by atoms with Gasteiger partial charge in [-0.05, 0) is 13.0 Å². The predicted octanol–water partition coefficient (Wildman–Crippen LogP) is 1.45. The van der Waals surface area contributed by atoms with E-state index in [0.717, 1.165) is 61.1 Å². The maximum Gasteiger partial charge on any atom is 0.146 e. The molecule has 0 aromatic carbocycles. The van der Waals surface area contributed by atoms with E-state index in [1.807, 2.05) is 19.2 Å². The topological polar surface area (TPSA) is 78.2 Å². The van der Waals surface area contributed by atoms with Crippen molar-refractivity contribution in [3.05, 3.63) is 41.0 Å². The largest absolute Gasteiger partial charge is 0.376 e. The molecule has 0 bridgehead atoms. The number of nitriles is 1. The van der Waals surface area contributed by atoms with Crippen LogP contribution in [0.25, 0.3) is 0 Å². The van der Waals surface area contributed by atoms with Gasteiger partial charge in [-0.15, -0.1) is 0 Å². The minimum atomic E-state index is 0.554. The van der Waals surface area contributed by atoms with E-state index in [9.17, 15) is 5.26 Å². The molecule has 128 valence electrons. The zero-order chi connectivity index (χ0) is 17.2. The van der Waals surface area contributed by atoms with E-state index in [-0.39, 0.29) is 0 Å². The molecule has 0 spiro atoms. The highest BCUT2D eigenvalue weighted by Crippen LogP contribution is 2.26. The third kappa shape index (κ3) is 3.01. The van der Waals surface area contributed by atoms with Crippen LogP contribution in [0, 0.1) is 18.3 Å². The molecular formula is C18H20N6O. The zero-order valence-corrected chi connectivity index (χ0v) is 14.3. The first-order chi connectivity index (χ1) is 12.3. The van der Waals surface area contributed by atoms with Crippen LogP contribution in [-0.2, 0) is 17.8 Å². The molecule has 2 aromatic heterocycles. The van der Waals surface area contributed by atoms with Gasteiger partial charge in [-0.2, -0.15) is 5.26 Å². The van der Waals surface area contributed by atoms with Crippen molar-refractivity contribution >= 4 is 11.6 Å². The van der Waals surface area contributed by atoms with E-state index in [2.05, 4.69) is 25.8 Å². The molecule has 0 aliphatic carbocycles. The number of aryl methyl sites for hydroxylation is 1. The van der Waals surface area contributed by atoms with Crippen molar-refractivity contribution in [2.45, 2.75) is 20.0 Å². The molecule has 1 saturated heterocycles. The summed E-state index contributed by atoms with van der Waals surface area (Å²) in [6.07, 6.45) is 4.25. The summed E-state index contributed by atoms with van der Waals surface area (Å²) in [5.41, 5.74) is 3.83. The standard InChI is InChI=1S/C18H20N6O/c1-13-10-20-12-21-17(13)23-3-5-24(6-4-23)18-14(9-19)8-15-11-25-7-2-16(15)22-18/h8,10,12H,2-7,11H2,1H3. The van der Waals surface area contributed by atoms with Crippen LogP contribution in [0.1, 0.15) is 22.4 Å². The lowest BCUT2D eigenvalue weighted by atomic mass is 10.1. The van der Waals surface area contributed by atoms with Gasteiger partial charge in [0.2, 0.25) is 0 Å². The van der Waals surface area contributed by atoms with Gasteiger partial charge < -0.3 is 14.5 Å². The second-order valence-corrected chi connectivity index (χ2v) is 6.38. The minimum absolute atomic E-state index is 0.554. The molecule has 7 heteroatoms. The lowest BCUT2D eigenvalue weighted by Gasteiger charge is -2.37. The van der Waals surface area contributed by atoms with Gasteiger partial charge in [0.05, 0.1) is 24.5 Å². The van der Waals surface area contributed by atoms with Crippen LogP contribution in [0.3, 0.4) is 0 Å². The van der Waals surface area contributed by atoms with Crippen LogP contribution in [0.2, 0.25) is 0 Å². The van der Waals surface area contributed by atoms with Crippen molar-refractivity contribution in [3.63, 3.8) is 0 Å². The predicted molar refractivity (Wildman–Crippen MR) is 93.5 cm³/mol. The summed E-state index contributed by atoms with van der Waals surface area (Å²) in [5, 5.41) is 9.53. The highest BCUT2D eigenvalue weighted by molar-refractivity contribution is 5.58. The highest BCUT2D eigenvalue weighted by Gasteiger charge is 2.24. The van der Waals surface area contributed by atoms with Crippen molar-refractivity contribution < 1.29 is 4.74 Å². The molecule has 0 unspecified atom stereocenters. The molecule has 0 amide bonds. The molecular weight excluding hydrogens is 316 g/mol. The number of pyridine rings is 1. The van der Waals surface area contributed by atoms with Crippen molar-refractivity contribution in [3.8, 4) is 6.07 Å². The van der Waals surface area contributed by atoms with Gasteiger partial charge >= 0.3 is 0 Å². The summed E-state index contributed by atoms with van der Waals surface area (Å²) in [5.74, 6) is 1.80. The number of ether oxygens (including phenoxy) is 1. The first-order valence-electron chi connectivity index (χ1n) is 8.53. The maximum atomic E-state index is 9.53. The van der Waals surface area contributed by atoms with E-state index < -0.39 is 0 Å². The Morgan fingerprint density at radius 3 is 2.64 bits per heavy atom. The number of piperazine rings is 1. The summed E-state index contributed by atoms with van der Waals surface area (Å²) in [6.45, 7) is 6.63. The van der Waals surface area contributed by atoms with Crippen LogP contribution in [0.5, 0.6) is 0 Å². The molecule has 0 atom stereocenters. The summed E-state index contributed by atoms with van der Waals surface area (Å²) in [7, 11) is 0. The molecule has 25 heavy (non-hydrogen) atoms. The number of aromatic nitrogens is 3. The minimum Gasteiger partial charge on any atom is -0.376 e. The Morgan fingerprint density at radius 2 is 1.92 bits per heavy atom. The van der Waals surface area contributed by atoms with E-state index in [1.54, 1.807) is 6.33 Å². The Bertz CT molecular complexity index is 823. The van der Waals surface area contributed by atoms with Crippen molar-refractivity contribution in [1.29, 1.82) is 5.26 Å². The maximum absolute atomic E-state index is 9.53. The Kier molecular flexibility index (Phi) is 4.20. The Morgan fingerprint density at radius 1 is 1.16 bits per heavy atom. The van der Waals surface area contributed by atoms with Crippen molar-refractivity contribution in [1.82, 2.24) is 15.0 Å². The van der Waals surface area contributed by atoms with Gasteiger partial charge in [-0.3, -0.25) is 0 Å². The number of rotatable bonds is 2.